The number of rotatable bonds is 4. The molecule has 154 valence electrons. The van der Waals surface area contributed by atoms with Gasteiger partial charge >= 0.3 is 6.18 Å². The molecule has 5 nitrogen and oxygen atoms in total. The molecule has 1 aliphatic heterocycles. The topological polar surface area (TPSA) is 58.5 Å². The van der Waals surface area contributed by atoms with E-state index in [9.17, 15) is 18.3 Å². The highest BCUT2D eigenvalue weighted by atomic mass is 32.1. The van der Waals surface area contributed by atoms with Crippen molar-refractivity contribution < 1.29 is 23.0 Å². The van der Waals surface area contributed by atoms with Crippen molar-refractivity contribution in [3.8, 4) is 0 Å². The highest BCUT2D eigenvalue weighted by molar-refractivity contribution is 7.19. The van der Waals surface area contributed by atoms with E-state index in [2.05, 4.69) is 9.97 Å². The van der Waals surface area contributed by atoms with Gasteiger partial charge in [-0.1, -0.05) is 18.2 Å². The second kappa shape index (κ2) is 6.93. The smallest absolute Gasteiger partial charge is 0.379 e. The van der Waals surface area contributed by atoms with Crippen molar-refractivity contribution in [3.63, 3.8) is 0 Å². The summed E-state index contributed by atoms with van der Waals surface area (Å²) in [6, 6.07) is 6.80. The van der Waals surface area contributed by atoms with Crippen LogP contribution in [0.2, 0.25) is 0 Å². The summed E-state index contributed by atoms with van der Waals surface area (Å²) in [5.41, 5.74) is -0.858. The first kappa shape index (κ1) is 20.1. The van der Waals surface area contributed by atoms with Gasteiger partial charge in [-0.3, -0.25) is 0 Å². The normalized spacial score (nSPS) is 17.2. The van der Waals surface area contributed by atoms with Crippen LogP contribution in [0.25, 0.3) is 10.2 Å². The molecule has 4 rings (SSSR count). The van der Waals surface area contributed by atoms with E-state index in [1.165, 1.54) is 23.5 Å². The van der Waals surface area contributed by atoms with Gasteiger partial charge in [0.1, 0.15) is 11.4 Å². The van der Waals surface area contributed by atoms with E-state index in [1.807, 2.05) is 6.07 Å². The maximum Gasteiger partial charge on any atom is 0.416 e. The lowest BCUT2D eigenvalue weighted by Gasteiger charge is -2.35. The fourth-order valence-electron chi connectivity index (χ4n) is 3.45. The lowest BCUT2D eigenvalue weighted by atomic mass is 10.00. The van der Waals surface area contributed by atoms with Crippen LogP contribution in [0.15, 0.2) is 30.3 Å². The number of aryl methyl sites for hydroxylation is 1. The van der Waals surface area contributed by atoms with Crippen molar-refractivity contribution in [2.45, 2.75) is 31.7 Å². The summed E-state index contributed by atoms with van der Waals surface area (Å²) in [6.07, 6.45) is -4.44. The molecule has 0 amide bonds. The molecule has 3 heterocycles. The number of thiophene rings is 1. The molecular formula is C20H20F3N3O2S. The average Bonchev–Trinajstić information content (AvgIpc) is 3.07. The standard InChI is InChI=1S/C20H20F3N3O2S/c1-11(13-6-4-5-7-14(13)20(21,22)23)26(3)18-17-15(24-12(2)25-18)8-16(29-17)19(27)9-28-10-19/h4-8,11,27H,9-10H2,1-3H3. The second-order valence-electron chi connectivity index (χ2n) is 7.32. The Morgan fingerprint density at radius 2 is 1.93 bits per heavy atom. The third-order valence-electron chi connectivity index (χ3n) is 5.24. The molecule has 9 heteroatoms. The number of anilines is 1. The van der Waals surface area contributed by atoms with Crippen LogP contribution in [0.5, 0.6) is 0 Å². The lowest BCUT2D eigenvalue weighted by molar-refractivity contribution is -0.182. The van der Waals surface area contributed by atoms with Gasteiger partial charge in [0.15, 0.2) is 5.82 Å². The Kier molecular flexibility index (Phi) is 4.79. The summed E-state index contributed by atoms with van der Waals surface area (Å²) in [4.78, 5) is 11.4. The first-order chi connectivity index (χ1) is 13.6. The molecule has 29 heavy (non-hydrogen) atoms. The fourth-order valence-corrected chi connectivity index (χ4v) is 4.63. The second-order valence-corrected chi connectivity index (χ2v) is 8.37. The van der Waals surface area contributed by atoms with Gasteiger partial charge in [0.25, 0.3) is 0 Å². The molecule has 1 saturated heterocycles. The Bertz CT molecular complexity index is 1060. The van der Waals surface area contributed by atoms with Crippen LogP contribution < -0.4 is 4.90 Å². The SMILES string of the molecule is Cc1nc(N(C)C(C)c2ccccc2C(F)(F)F)c2sc(C3(O)COC3)cc2n1. The van der Waals surface area contributed by atoms with Gasteiger partial charge in [-0.2, -0.15) is 13.2 Å². The van der Waals surface area contributed by atoms with Crippen molar-refractivity contribution in [1.82, 2.24) is 9.97 Å². The monoisotopic (exact) mass is 423 g/mol. The number of hydrogen-bond donors (Lipinski definition) is 1. The van der Waals surface area contributed by atoms with Gasteiger partial charge in [-0.15, -0.1) is 11.3 Å². The Hall–Kier alpha value is -2.23. The summed E-state index contributed by atoms with van der Waals surface area (Å²) in [5, 5.41) is 10.6. The van der Waals surface area contributed by atoms with Crippen molar-refractivity contribution in [2.75, 3.05) is 25.2 Å². The van der Waals surface area contributed by atoms with Crippen LogP contribution >= 0.6 is 11.3 Å². The van der Waals surface area contributed by atoms with Gasteiger partial charge in [-0.05, 0) is 31.5 Å². The molecule has 0 spiro atoms. The number of aliphatic hydroxyl groups is 1. The van der Waals surface area contributed by atoms with Crippen molar-refractivity contribution >= 4 is 27.4 Å². The van der Waals surface area contributed by atoms with Gasteiger partial charge in [0, 0.05) is 11.9 Å². The summed E-state index contributed by atoms with van der Waals surface area (Å²) >= 11 is 1.35. The van der Waals surface area contributed by atoms with E-state index in [4.69, 9.17) is 4.74 Å². The van der Waals surface area contributed by atoms with E-state index in [-0.39, 0.29) is 18.8 Å². The van der Waals surface area contributed by atoms with Crippen LogP contribution in [0.1, 0.15) is 34.8 Å². The highest BCUT2D eigenvalue weighted by Crippen LogP contribution is 2.42. The van der Waals surface area contributed by atoms with E-state index in [0.29, 0.717) is 17.2 Å². The van der Waals surface area contributed by atoms with Gasteiger partial charge in [0.2, 0.25) is 0 Å². The minimum absolute atomic E-state index is 0.176. The Balaban J connectivity index is 1.78. The van der Waals surface area contributed by atoms with Crippen LogP contribution in [0, 0.1) is 6.92 Å². The Morgan fingerprint density at radius 1 is 1.24 bits per heavy atom. The van der Waals surface area contributed by atoms with E-state index in [0.717, 1.165) is 15.6 Å². The van der Waals surface area contributed by atoms with Crippen molar-refractivity contribution in [3.05, 3.63) is 52.2 Å². The van der Waals surface area contributed by atoms with Gasteiger partial charge in [-0.25, -0.2) is 9.97 Å². The number of fused-ring (bicyclic) bond motifs is 1. The third kappa shape index (κ3) is 3.47. The van der Waals surface area contributed by atoms with Gasteiger partial charge in [0.05, 0.1) is 35.0 Å². The van der Waals surface area contributed by atoms with E-state index >= 15 is 0 Å². The molecule has 1 N–H and O–H groups in total. The van der Waals surface area contributed by atoms with Crippen LogP contribution in [-0.2, 0) is 16.5 Å². The van der Waals surface area contributed by atoms with Crippen LogP contribution in [-0.4, -0.2) is 35.3 Å². The summed E-state index contributed by atoms with van der Waals surface area (Å²) in [5.74, 6) is 1.05. The number of benzene rings is 1. The molecule has 3 aromatic rings. The first-order valence-corrected chi connectivity index (χ1v) is 9.89. The average molecular weight is 423 g/mol. The van der Waals surface area contributed by atoms with Crippen LogP contribution in [0.3, 0.4) is 0 Å². The van der Waals surface area contributed by atoms with Crippen molar-refractivity contribution in [2.24, 2.45) is 0 Å². The Morgan fingerprint density at radius 3 is 2.55 bits per heavy atom. The lowest BCUT2D eigenvalue weighted by Crippen LogP contribution is -2.45. The number of aromatic nitrogens is 2. The maximum atomic E-state index is 13.5. The number of nitrogens with zero attached hydrogens (tertiary/aromatic N) is 3. The van der Waals surface area contributed by atoms with E-state index < -0.39 is 23.4 Å². The summed E-state index contributed by atoms with van der Waals surface area (Å²) in [7, 11) is 1.72. The molecule has 0 radical (unpaired) electrons. The number of halogens is 3. The number of ether oxygens (including phenoxy) is 1. The molecule has 1 fully saturated rings. The van der Waals surface area contributed by atoms with Gasteiger partial charge < -0.3 is 14.7 Å². The molecule has 0 saturated carbocycles. The summed E-state index contributed by atoms with van der Waals surface area (Å²) < 4.78 is 46.3. The zero-order valence-electron chi connectivity index (χ0n) is 16.1. The Labute approximate surface area is 169 Å². The fraction of sp³-hybridized carbons (Fsp3) is 0.400. The number of hydrogen-bond acceptors (Lipinski definition) is 6. The molecule has 1 atom stereocenters. The molecule has 0 bridgehead atoms. The van der Waals surface area contributed by atoms with E-state index in [1.54, 1.807) is 31.9 Å². The maximum absolute atomic E-state index is 13.5. The zero-order chi connectivity index (χ0) is 21.0. The highest BCUT2D eigenvalue weighted by Gasteiger charge is 2.40. The first-order valence-electron chi connectivity index (χ1n) is 9.08. The summed E-state index contributed by atoms with van der Waals surface area (Å²) in [6.45, 7) is 3.89. The minimum atomic E-state index is -4.44. The quantitative estimate of drug-likeness (QED) is 0.673. The predicted octanol–water partition coefficient (Wildman–Crippen LogP) is 4.43. The molecular weight excluding hydrogens is 403 g/mol. The predicted molar refractivity (Wildman–Crippen MR) is 105 cm³/mol. The molecule has 0 aliphatic carbocycles. The zero-order valence-corrected chi connectivity index (χ0v) is 16.9. The number of alkyl halides is 3. The molecule has 2 aromatic heterocycles. The molecule has 1 aliphatic rings. The van der Waals surface area contributed by atoms with Crippen LogP contribution in [0.4, 0.5) is 19.0 Å². The molecule has 1 aromatic carbocycles. The van der Waals surface area contributed by atoms with Crippen molar-refractivity contribution in [1.29, 1.82) is 0 Å². The third-order valence-corrected chi connectivity index (χ3v) is 6.55. The molecule has 1 unspecified atom stereocenters. The largest absolute Gasteiger partial charge is 0.416 e. The minimum Gasteiger partial charge on any atom is -0.379 e.